The Labute approximate surface area is 81.5 Å². The van der Waals surface area contributed by atoms with Crippen LogP contribution in [-0.2, 0) is 0 Å². The summed E-state index contributed by atoms with van der Waals surface area (Å²) in [7, 11) is 0. The molecule has 5 heteroatoms. The predicted molar refractivity (Wildman–Crippen MR) is 50.7 cm³/mol. The van der Waals surface area contributed by atoms with Crippen molar-refractivity contribution in [2.75, 3.05) is 5.73 Å². The minimum atomic E-state index is 0.637. The Balaban J connectivity index is 0.000000461. The number of nitrogen functional groups attached to an aromatic ring is 1. The summed E-state index contributed by atoms with van der Waals surface area (Å²) in [5.74, 6) is 0. The van der Waals surface area contributed by atoms with E-state index in [1.165, 1.54) is 0 Å². The van der Waals surface area contributed by atoms with E-state index < -0.39 is 0 Å². The van der Waals surface area contributed by atoms with E-state index in [1.807, 2.05) is 0 Å². The van der Waals surface area contributed by atoms with Crippen molar-refractivity contribution in [1.29, 1.82) is 5.26 Å². The minimum Gasteiger partial charge on any atom is -0.396 e. The molecule has 0 amide bonds. The molecule has 0 aliphatic rings. The van der Waals surface area contributed by atoms with Crippen molar-refractivity contribution in [3.63, 3.8) is 0 Å². The molecule has 0 atom stereocenters. The first-order chi connectivity index (χ1) is 5.22. The zero-order valence-electron chi connectivity index (χ0n) is 5.46. The molecule has 1 aromatic rings. The molecule has 0 aliphatic carbocycles. The van der Waals surface area contributed by atoms with Gasteiger partial charge >= 0.3 is 0 Å². The first-order valence-electron chi connectivity index (χ1n) is 2.53. The van der Waals surface area contributed by atoms with Crippen LogP contribution in [0.25, 0.3) is 0 Å². The number of aromatic nitrogens is 1. The number of nitrogens with two attached hydrogens (primary N) is 1. The Bertz CT molecular complexity index is 239. The largest absolute Gasteiger partial charge is 0.396 e. The van der Waals surface area contributed by atoms with Crippen LogP contribution in [0.3, 0.4) is 0 Å². The van der Waals surface area contributed by atoms with Gasteiger partial charge in [-0.3, -0.25) is 0 Å². The normalized spacial score (nSPS) is 8.00. The molecule has 1 rings (SSSR count). The standard InChI is InChI=1S/C5H4Br2N2.CHN/c6-3-1-2-9-5(7)4(3)8;1-2/h1-2H,8H2;1H. The molecule has 1 heterocycles. The van der Waals surface area contributed by atoms with Crippen molar-refractivity contribution in [1.82, 2.24) is 4.98 Å². The van der Waals surface area contributed by atoms with Crippen molar-refractivity contribution in [2.24, 2.45) is 0 Å². The molecule has 0 unspecified atom stereocenters. The van der Waals surface area contributed by atoms with E-state index in [1.54, 1.807) is 12.3 Å². The molecule has 0 fully saturated rings. The summed E-state index contributed by atoms with van der Waals surface area (Å²) in [6.45, 7) is 3.50. The van der Waals surface area contributed by atoms with Crippen molar-refractivity contribution >= 4 is 37.5 Å². The zero-order valence-corrected chi connectivity index (χ0v) is 8.63. The lowest BCUT2D eigenvalue weighted by atomic mass is 10.4. The third kappa shape index (κ3) is 2.87. The summed E-state index contributed by atoms with van der Waals surface area (Å²) in [5.41, 5.74) is 6.16. The summed E-state index contributed by atoms with van der Waals surface area (Å²) in [5, 5.41) is 6.50. The molecule has 0 aromatic carbocycles. The highest BCUT2D eigenvalue weighted by Crippen LogP contribution is 2.24. The maximum absolute atomic E-state index is 6.50. The lowest BCUT2D eigenvalue weighted by Crippen LogP contribution is -1.89. The van der Waals surface area contributed by atoms with Gasteiger partial charge in [-0.1, -0.05) is 0 Å². The monoisotopic (exact) mass is 277 g/mol. The molecule has 2 N–H and O–H groups in total. The van der Waals surface area contributed by atoms with Gasteiger partial charge in [0.15, 0.2) is 0 Å². The van der Waals surface area contributed by atoms with Gasteiger partial charge in [-0.15, -0.1) is 0 Å². The Morgan fingerprint density at radius 3 is 2.36 bits per heavy atom. The van der Waals surface area contributed by atoms with Crippen LogP contribution in [0.2, 0.25) is 0 Å². The fourth-order valence-corrected chi connectivity index (χ4v) is 1.33. The van der Waals surface area contributed by atoms with E-state index in [0.29, 0.717) is 10.3 Å². The lowest BCUT2D eigenvalue weighted by molar-refractivity contribution is 1.27. The SMILES string of the molecule is C#N.Nc1c(Br)ccnc1Br. The quantitative estimate of drug-likeness (QED) is 0.741. The average molecular weight is 279 g/mol. The van der Waals surface area contributed by atoms with Crippen LogP contribution in [0.15, 0.2) is 21.3 Å². The zero-order chi connectivity index (χ0) is 8.85. The molecule has 0 bridgehead atoms. The molecular weight excluding hydrogens is 274 g/mol. The van der Waals surface area contributed by atoms with Gasteiger partial charge in [0.1, 0.15) is 4.60 Å². The smallest absolute Gasteiger partial charge is 0.130 e. The second-order valence-electron chi connectivity index (χ2n) is 1.50. The molecule has 3 nitrogen and oxygen atoms in total. The Morgan fingerprint density at radius 2 is 2.00 bits per heavy atom. The van der Waals surface area contributed by atoms with Crippen LogP contribution in [0, 0.1) is 11.8 Å². The number of halogens is 2. The minimum absolute atomic E-state index is 0.637. The lowest BCUT2D eigenvalue weighted by Gasteiger charge is -1.96. The van der Waals surface area contributed by atoms with Crippen LogP contribution in [0.4, 0.5) is 5.69 Å². The Morgan fingerprint density at radius 1 is 1.45 bits per heavy atom. The number of hydrogen-bond acceptors (Lipinski definition) is 3. The first-order valence-corrected chi connectivity index (χ1v) is 4.11. The highest BCUT2D eigenvalue weighted by molar-refractivity contribution is 9.11. The predicted octanol–water partition coefficient (Wildman–Crippen LogP) is 2.33. The fraction of sp³-hybridized carbons (Fsp3) is 0. The second-order valence-corrected chi connectivity index (χ2v) is 3.10. The number of nitrogens with zero attached hydrogens (tertiary/aromatic N) is 2. The number of pyridine rings is 1. The topological polar surface area (TPSA) is 62.7 Å². The second kappa shape index (κ2) is 5.10. The average Bonchev–Trinajstić information content (AvgIpc) is 2.04. The van der Waals surface area contributed by atoms with Crippen molar-refractivity contribution in [3.8, 4) is 6.57 Å². The Kier molecular flexibility index (Phi) is 4.83. The van der Waals surface area contributed by atoms with Gasteiger partial charge in [-0.05, 0) is 37.9 Å². The summed E-state index contributed by atoms with van der Waals surface area (Å²) >= 11 is 6.43. The van der Waals surface area contributed by atoms with Crippen molar-refractivity contribution < 1.29 is 0 Å². The van der Waals surface area contributed by atoms with Crippen LogP contribution in [0.1, 0.15) is 0 Å². The number of anilines is 1. The van der Waals surface area contributed by atoms with Gasteiger partial charge in [0.2, 0.25) is 0 Å². The third-order valence-corrected chi connectivity index (χ3v) is 2.21. The van der Waals surface area contributed by atoms with Crippen LogP contribution >= 0.6 is 31.9 Å². The summed E-state index contributed by atoms with van der Waals surface area (Å²) in [6.07, 6.45) is 1.67. The van der Waals surface area contributed by atoms with Crippen LogP contribution < -0.4 is 5.73 Å². The van der Waals surface area contributed by atoms with Crippen molar-refractivity contribution in [3.05, 3.63) is 21.3 Å². The maximum atomic E-state index is 6.50. The summed E-state index contributed by atoms with van der Waals surface area (Å²) in [6, 6.07) is 1.79. The van der Waals surface area contributed by atoms with E-state index in [9.17, 15) is 0 Å². The van der Waals surface area contributed by atoms with Crippen LogP contribution in [-0.4, -0.2) is 4.98 Å². The summed E-state index contributed by atoms with van der Waals surface area (Å²) < 4.78 is 1.54. The third-order valence-electron chi connectivity index (χ3n) is 0.888. The van der Waals surface area contributed by atoms with Crippen molar-refractivity contribution in [2.45, 2.75) is 0 Å². The molecule has 58 valence electrons. The Hall–Kier alpha value is -0.600. The van der Waals surface area contributed by atoms with Gasteiger partial charge in [0.25, 0.3) is 0 Å². The molecular formula is C6H5Br2N3. The molecule has 0 saturated heterocycles. The molecule has 0 radical (unpaired) electrons. The van der Waals surface area contributed by atoms with E-state index >= 15 is 0 Å². The van der Waals surface area contributed by atoms with Gasteiger partial charge in [-0.25, -0.2) is 10.2 Å². The van der Waals surface area contributed by atoms with E-state index in [4.69, 9.17) is 11.0 Å². The highest BCUT2D eigenvalue weighted by Gasteiger charge is 1.97. The number of rotatable bonds is 0. The van der Waals surface area contributed by atoms with E-state index in [2.05, 4.69) is 43.4 Å². The van der Waals surface area contributed by atoms with E-state index in [-0.39, 0.29) is 0 Å². The van der Waals surface area contributed by atoms with Gasteiger partial charge in [-0.2, -0.15) is 0 Å². The fourth-order valence-electron chi connectivity index (χ4n) is 0.426. The highest BCUT2D eigenvalue weighted by atomic mass is 79.9. The summed E-state index contributed by atoms with van der Waals surface area (Å²) in [4.78, 5) is 3.90. The van der Waals surface area contributed by atoms with Crippen LogP contribution in [0.5, 0.6) is 0 Å². The van der Waals surface area contributed by atoms with E-state index in [0.717, 1.165) is 4.47 Å². The van der Waals surface area contributed by atoms with Gasteiger partial charge < -0.3 is 5.73 Å². The molecule has 0 aliphatic heterocycles. The first kappa shape index (κ1) is 10.4. The molecule has 1 aromatic heterocycles. The molecule has 11 heavy (non-hydrogen) atoms. The maximum Gasteiger partial charge on any atom is 0.130 e. The van der Waals surface area contributed by atoms with Gasteiger partial charge in [0.05, 0.1) is 5.69 Å². The molecule has 0 spiro atoms. The molecule has 0 saturated carbocycles. The number of hydrogen-bond donors (Lipinski definition) is 1. The van der Waals surface area contributed by atoms with Gasteiger partial charge in [0, 0.05) is 17.2 Å². The number of nitriles is 1.